The third kappa shape index (κ3) is 2.56. The lowest BCUT2D eigenvalue weighted by atomic mass is 10.0. The van der Waals surface area contributed by atoms with Crippen LogP contribution < -0.4 is 0 Å². The van der Waals surface area contributed by atoms with Gasteiger partial charge in [0.1, 0.15) is 5.41 Å². The van der Waals surface area contributed by atoms with E-state index in [-0.39, 0.29) is 12.5 Å². The molecule has 1 saturated carbocycles. The van der Waals surface area contributed by atoms with Crippen molar-refractivity contribution < 1.29 is 13.2 Å². The van der Waals surface area contributed by atoms with Crippen LogP contribution in [0.1, 0.15) is 18.4 Å². The van der Waals surface area contributed by atoms with Gasteiger partial charge in [-0.3, -0.25) is 0 Å². The predicted molar refractivity (Wildman–Crippen MR) is 77.4 cm³/mol. The summed E-state index contributed by atoms with van der Waals surface area (Å²) in [7, 11) is -3.32. The average molecular weight is 314 g/mol. The number of ether oxygens (including phenoxy) is 1. The molecule has 6 heteroatoms. The summed E-state index contributed by atoms with van der Waals surface area (Å²) in [5.74, 6) is -0.355. The number of halogens is 1. The molecule has 0 heterocycles. The van der Waals surface area contributed by atoms with Gasteiger partial charge >= 0.3 is 0 Å². The molecule has 0 N–H and O–H groups in total. The van der Waals surface area contributed by atoms with Gasteiger partial charge in [0.2, 0.25) is 0 Å². The molecule has 0 spiro atoms. The maximum Gasteiger partial charge on any atom is 0.152 e. The van der Waals surface area contributed by atoms with E-state index in [1.165, 1.54) is 6.26 Å². The Morgan fingerprint density at radius 2 is 2.00 bits per heavy atom. The largest absolute Gasteiger partial charge is 0.380 e. The monoisotopic (exact) mass is 313 g/mol. The van der Waals surface area contributed by atoms with E-state index in [2.05, 4.69) is 6.07 Å². The van der Waals surface area contributed by atoms with Gasteiger partial charge in [-0.05, 0) is 24.6 Å². The van der Waals surface area contributed by atoms with Crippen LogP contribution in [0.3, 0.4) is 0 Å². The number of hydrogen-bond donors (Lipinski definition) is 0. The molecule has 1 aromatic carbocycles. The van der Waals surface area contributed by atoms with Crippen LogP contribution >= 0.6 is 11.6 Å². The Morgan fingerprint density at radius 3 is 2.45 bits per heavy atom. The third-order valence-corrected chi connectivity index (χ3v) is 5.57. The first kappa shape index (κ1) is 15.3. The molecule has 0 radical (unpaired) electrons. The molecular formula is C14H16ClNO3S. The van der Waals surface area contributed by atoms with Gasteiger partial charge in [-0.1, -0.05) is 23.7 Å². The van der Waals surface area contributed by atoms with Crippen molar-refractivity contribution in [2.24, 2.45) is 5.41 Å². The van der Waals surface area contributed by atoms with Crippen molar-refractivity contribution >= 4 is 21.4 Å². The summed E-state index contributed by atoms with van der Waals surface area (Å²) in [5, 5.41) is 9.35. The zero-order chi connectivity index (χ0) is 15.0. The van der Waals surface area contributed by atoms with Crippen molar-refractivity contribution in [3.8, 4) is 6.07 Å². The lowest BCUT2D eigenvalue weighted by Gasteiger charge is -2.08. The van der Waals surface area contributed by atoms with Crippen LogP contribution in [0.2, 0.25) is 5.02 Å². The van der Waals surface area contributed by atoms with E-state index in [1.807, 2.05) is 6.92 Å². The highest BCUT2D eigenvalue weighted by molar-refractivity contribution is 7.91. The maximum atomic E-state index is 11.9. The molecule has 1 fully saturated rings. The Labute approximate surface area is 124 Å². The number of hydrogen-bond acceptors (Lipinski definition) is 4. The lowest BCUT2D eigenvalue weighted by molar-refractivity contribution is 0.117. The van der Waals surface area contributed by atoms with Crippen molar-refractivity contribution in [2.45, 2.75) is 18.1 Å². The first-order chi connectivity index (χ1) is 9.36. The van der Waals surface area contributed by atoms with Crippen LogP contribution in [0, 0.1) is 16.7 Å². The summed E-state index contributed by atoms with van der Waals surface area (Å²) in [6, 6.07) is 9.13. The van der Waals surface area contributed by atoms with Crippen LogP contribution in [0.5, 0.6) is 0 Å². The zero-order valence-corrected chi connectivity index (χ0v) is 12.9. The Balaban J connectivity index is 2.40. The third-order valence-electron chi connectivity index (χ3n) is 3.70. The van der Waals surface area contributed by atoms with Crippen molar-refractivity contribution in [3.63, 3.8) is 0 Å². The first-order valence-electron chi connectivity index (χ1n) is 6.30. The molecular weight excluding hydrogens is 298 g/mol. The van der Waals surface area contributed by atoms with Gasteiger partial charge in [0.05, 0.1) is 17.9 Å². The van der Waals surface area contributed by atoms with Gasteiger partial charge in [-0.2, -0.15) is 5.26 Å². The van der Waals surface area contributed by atoms with E-state index in [1.54, 1.807) is 24.3 Å². The van der Waals surface area contributed by atoms with Crippen molar-refractivity contribution in [3.05, 3.63) is 34.9 Å². The van der Waals surface area contributed by atoms with E-state index in [0.717, 1.165) is 5.56 Å². The molecule has 0 saturated heterocycles. The molecule has 1 aromatic rings. The van der Waals surface area contributed by atoms with Gasteiger partial charge < -0.3 is 4.74 Å². The summed E-state index contributed by atoms with van der Waals surface area (Å²) < 4.78 is 29.2. The molecule has 0 amide bonds. The van der Waals surface area contributed by atoms with Gasteiger partial charge in [0.25, 0.3) is 0 Å². The fraction of sp³-hybridized carbons (Fsp3) is 0.500. The molecule has 1 aliphatic carbocycles. The SMILES string of the molecule is CCOC[C@]1(C#N)[C@H](c2ccc(Cl)cc2)[C@H]1S(C)(=O)=O. The Bertz CT molecular complexity index is 635. The minimum absolute atomic E-state index is 0.130. The molecule has 3 atom stereocenters. The summed E-state index contributed by atoms with van der Waals surface area (Å²) in [6.07, 6.45) is 1.17. The highest BCUT2D eigenvalue weighted by Gasteiger charge is 2.71. The Kier molecular flexibility index (Phi) is 4.10. The summed E-state index contributed by atoms with van der Waals surface area (Å²) in [6.45, 7) is 2.40. The minimum Gasteiger partial charge on any atom is -0.380 e. The number of nitriles is 1. The van der Waals surface area contributed by atoms with Gasteiger partial charge in [-0.25, -0.2) is 8.42 Å². The van der Waals surface area contributed by atoms with Gasteiger partial charge in [0, 0.05) is 23.8 Å². The number of sulfone groups is 1. The zero-order valence-electron chi connectivity index (χ0n) is 11.3. The van der Waals surface area contributed by atoms with Crippen molar-refractivity contribution in [1.29, 1.82) is 5.26 Å². The van der Waals surface area contributed by atoms with E-state index in [9.17, 15) is 13.7 Å². The van der Waals surface area contributed by atoms with E-state index < -0.39 is 20.5 Å². The second-order valence-corrected chi connectivity index (χ2v) is 7.67. The Morgan fingerprint density at radius 1 is 1.40 bits per heavy atom. The number of rotatable bonds is 5. The number of benzene rings is 1. The van der Waals surface area contributed by atoms with E-state index >= 15 is 0 Å². The fourth-order valence-corrected chi connectivity index (χ4v) is 4.76. The number of nitrogens with zero attached hydrogens (tertiary/aromatic N) is 1. The highest BCUT2D eigenvalue weighted by atomic mass is 35.5. The minimum atomic E-state index is -3.32. The van der Waals surface area contributed by atoms with Crippen molar-refractivity contribution in [1.82, 2.24) is 0 Å². The highest BCUT2D eigenvalue weighted by Crippen LogP contribution is 2.62. The molecule has 20 heavy (non-hydrogen) atoms. The maximum absolute atomic E-state index is 11.9. The molecule has 4 nitrogen and oxygen atoms in total. The topological polar surface area (TPSA) is 67.2 Å². The van der Waals surface area contributed by atoms with Crippen LogP contribution in [-0.4, -0.2) is 33.1 Å². The van der Waals surface area contributed by atoms with Crippen LogP contribution in [0.25, 0.3) is 0 Å². The summed E-state index contributed by atoms with van der Waals surface area (Å²) in [4.78, 5) is 0. The van der Waals surface area contributed by atoms with Crippen LogP contribution in [0.4, 0.5) is 0 Å². The smallest absolute Gasteiger partial charge is 0.152 e. The molecule has 0 bridgehead atoms. The lowest BCUT2D eigenvalue weighted by Crippen LogP contribution is -2.18. The van der Waals surface area contributed by atoms with Crippen LogP contribution in [-0.2, 0) is 14.6 Å². The normalized spacial score (nSPS) is 28.9. The van der Waals surface area contributed by atoms with Crippen molar-refractivity contribution in [2.75, 3.05) is 19.5 Å². The van der Waals surface area contributed by atoms with Crippen LogP contribution in [0.15, 0.2) is 24.3 Å². The quantitative estimate of drug-likeness (QED) is 0.837. The Hall–Kier alpha value is -1.09. The molecule has 0 aliphatic heterocycles. The van der Waals surface area contributed by atoms with Gasteiger partial charge in [0.15, 0.2) is 9.84 Å². The van der Waals surface area contributed by atoms with E-state index in [0.29, 0.717) is 11.6 Å². The second kappa shape index (κ2) is 5.36. The standard InChI is InChI=1S/C14H16ClNO3S/c1-3-19-9-14(8-16)12(13(14)20(2,17)18)10-4-6-11(15)7-5-10/h4-7,12-13H,3,9H2,1-2H3/t12-,13-,14-/m1/s1. The first-order valence-corrected chi connectivity index (χ1v) is 8.63. The van der Waals surface area contributed by atoms with Gasteiger partial charge in [-0.15, -0.1) is 0 Å². The fourth-order valence-electron chi connectivity index (χ4n) is 2.78. The summed E-state index contributed by atoms with van der Waals surface area (Å²) >= 11 is 5.84. The predicted octanol–water partition coefficient (Wildman–Crippen LogP) is 2.40. The average Bonchev–Trinajstić information content (AvgIpc) is 3.07. The molecule has 2 rings (SSSR count). The summed E-state index contributed by atoms with van der Waals surface area (Å²) in [5.41, 5.74) is -0.177. The van der Waals surface area contributed by atoms with E-state index in [4.69, 9.17) is 16.3 Å². The molecule has 0 aromatic heterocycles. The molecule has 1 aliphatic rings. The molecule has 108 valence electrons. The molecule has 0 unspecified atom stereocenters. The second-order valence-electron chi connectivity index (χ2n) is 5.07.